The van der Waals surface area contributed by atoms with Crippen molar-refractivity contribution in [2.45, 2.75) is 6.04 Å². The lowest BCUT2D eigenvalue weighted by Gasteiger charge is -2.17. The molecule has 0 spiro atoms. The Bertz CT molecular complexity index is 602. The molecule has 0 radical (unpaired) electrons. The van der Waals surface area contributed by atoms with Gasteiger partial charge in [0.25, 0.3) is 5.91 Å². The lowest BCUT2D eigenvalue weighted by Crippen LogP contribution is -2.31. The molecule has 0 aliphatic carbocycles. The van der Waals surface area contributed by atoms with Crippen LogP contribution in [0.4, 0.5) is 10.1 Å². The first kappa shape index (κ1) is 14.0. The Labute approximate surface area is 116 Å². The van der Waals surface area contributed by atoms with E-state index in [1.165, 1.54) is 18.2 Å². The van der Waals surface area contributed by atoms with E-state index in [0.29, 0.717) is 0 Å². The molecule has 2 rings (SSSR count). The van der Waals surface area contributed by atoms with Crippen LogP contribution in [-0.2, 0) is 0 Å². The van der Waals surface area contributed by atoms with E-state index in [1.54, 1.807) is 24.3 Å². The van der Waals surface area contributed by atoms with Gasteiger partial charge in [0.05, 0.1) is 23.9 Å². The molecule has 2 aromatic carbocycles. The molecule has 0 saturated heterocycles. The van der Waals surface area contributed by atoms with Gasteiger partial charge in [-0.2, -0.15) is 0 Å². The molecule has 0 fully saturated rings. The molecule has 4 nitrogen and oxygen atoms in total. The molecule has 0 bridgehead atoms. The Balaban J connectivity index is 2.20. The average Bonchev–Trinajstić information content (AvgIpc) is 2.48. The molecule has 0 unspecified atom stereocenters. The summed E-state index contributed by atoms with van der Waals surface area (Å²) in [5.41, 5.74) is 6.16. The maximum Gasteiger partial charge on any atom is 0.254 e. The van der Waals surface area contributed by atoms with Crippen LogP contribution in [0.3, 0.4) is 0 Å². The number of para-hydroxylation sites is 1. The Morgan fingerprint density at radius 1 is 1.20 bits per heavy atom. The van der Waals surface area contributed by atoms with Crippen LogP contribution in [0.1, 0.15) is 22.0 Å². The third-order valence-corrected chi connectivity index (χ3v) is 2.99. The van der Waals surface area contributed by atoms with Gasteiger partial charge in [-0.1, -0.05) is 36.4 Å². The number of rotatable bonds is 4. The van der Waals surface area contributed by atoms with Crippen molar-refractivity contribution in [2.75, 3.05) is 12.3 Å². The van der Waals surface area contributed by atoms with Crippen molar-refractivity contribution in [1.82, 2.24) is 5.32 Å². The van der Waals surface area contributed by atoms with Gasteiger partial charge in [0.2, 0.25) is 0 Å². The number of benzene rings is 2. The molecule has 4 N–H and O–H groups in total. The van der Waals surface area contributed by atoms with Crippen molar-refractivity contribution >= 4 is 11.6 Å². The van der Waals surface area contributed by atoms with Crippen molar-refractivity contribution in [1.29, 1.82) is 0 Å². The minimum Gasteiger partial charge on any atom is -0.396 e. The Hall–Kier alpha value is -2.40. The summed E-state index contributed by atoms with van der Waals surface area (Å²) in [4.78, 5) is 12.1. The minimum atomic E-state index is -0.641. The summed E-state index contributed by atoms with van der Waals surface area (Å²) < 4.78 is 13.3. The second-order valence-corrected chi connectivity index (χ2v) is 4.32. The topological polar surface area (TPSA) is 75.4 Å². The smallest absolute Gasteiger partial charge is 0.254 e. The molecule has 0 aliphatic heterocycles. The Kier molecular flexibility index (Phi) is 4.32. The second kappa shape index (κ2) is 6.16. The zero-order valence-electron chi connectivity index (χ0n) is 10.7. The monoisotopic (exact) mass is 274 g/mol. The van der Waals surface area contributed by atoms with Crippen molar-refractivity contribution in [3.05, 3.63) is 65.5 Å². The number of hydrogen-bond donors (Lipinski definition) is 3. The maximum absolute atomic E-state index is 13.3. The first-order valence-corrected chi connectivity index (χ1v) is 6.14. The van der Waals surface area contributed by atoms with E-state index in [9.17, 15) is 14.3 Å². The lowest BCUT2D eigenvalue weighted by atomic mass is 10.1. The van der Waals surface area contributed by atoms with E-state index in [1.807, 2.05) is 6.07 Å². The number of halogens is 1. The standard InChI is InChI=1S/C15H15FN2O2/c16-12-8-4-7-11(14(12)17)15(20)18-13(9-19)10-5-2-1-3-6-10/h1-8,13,19H,9,17H2,(H,18,20)/t13-/m0/s1. The molecule has 0 aromatic heterocycles. The molecule has 104 valence electrons. The van der Waals surface area contributed by atoms with Gasteiger partial charge in [-0.3, -0.25) is 4.79 Å². The molecular formula is C15H15FN2O2. The van der Waals surface area contributed by atoms with Crippen LogP contribution in [0.25, 0.3) is 0 Å². The molecule has 0 saturated carbocycles. The highest BCUT2D eigenvalue weighted by atomic mass is 19.1. The van der Waals surface area contributed by atoms with E-state index >= 15 is 0 Å². The largest absolute Gasteiger partial charge is 0.396 e. The van der Waals surface area contributed by atoms with E-state index in [4.69, 9.17) is 5.73 Å². The quantitative estimate of drug-likeness (QED) is 0.745. The predicted molar refractivity (Wildman–Crippen MR) is 74.5 cm³/mol. The SMILES string of the molecule is Nc1c(F)cccc1C(=O)N[C@@H](CO)c1ccccc1. The summed E-state index contributed by atoms with van der Waals surface area (Å²) in [6.45, 7) is -0.259. The number of nitrogen functional groups attached to an aromatic ring is 1. The molecule has 20 heavy (non-hydrogen) atoms. The fourth-order valence-corrected chi connectivity index (χ4v) is 1.89. The van der Waals surface area contributed by atoms with E-state index in [-0.39, 0.29) is 17.9 Å². The third-order valence-electron chi connectivity index (χ3n) is 2.99. The lowest BCUT2D eigenvalue weighted by molar-refractivity contribution is 0.0916. The number of carbonyl (C=O) groups excluding carboxylic acids is 1. The van der Waals surface area contributed by atoms with Gasteiger partial charge in [-0.05, 0) is 17.7 Å². The Morgan fingerprint density at radius 2 is 1.90 bits per heavy atom. The van der Waals surface area contributed by atoms with Crippen LogP contribution in [-0.4, -0.2) is 17.6 Å². The fraction of sp³-hybridized carbons (Fsp3) is 0.133. The van der Waals surface area contributed by atoms with Gasteiger partial charge in [0.1, 0.15) is 5.82 Å². The number of hydrogen-bond acceptors (Lipinski definition) is 3. The maximum atomic E-state index is 13.3. The van der Waals surface area contributed by atoms with E-state index < -0.39 is 17.8 Å². The van der Waals surface area contributed by atoms with Gasteiger partial charge in [-0.15, -0.1) is 0 Å². The number of aliphatic hydroxyl groups excluding tert-OH is 1. The summed E-state index contributed by atoms with van der Waals surface area (Å²) in [5, 5.41) is 12.0. The molecule has 2 aromatic rings. The number of aliphatic hydroxyl groups is 1. The van der Waals surface area contributed by atoms with Crippen LogP contribution in [0, 0.1) is 5.82 Å². The van der Waals surface area contributed by atoms with Crippen LogP contribution in [0.5, 0.6) is 0 Å². The number of amides is 1. The van der Waals surface area contributed by atoms with Crippen molar-refractivity contribution in [2.24, 2.45) is 0 Å². The van der Waals surface area contributed by atoms with Gasteiger partial charge < -0.3 is 16.2 Å². The van der Waals surface area contributed by atoms with Crippen molar-refractivity contribution < 1.29 is 14.3 Å². The summed E-state index contributed by atoms with van der Waals surface area (Å²) in [7, 11) is 0. The first-order valence-electron chi connectivity index (χ1n) is 6.14. The second-order valence-electron chi connectivity index (χ2n) is 4.32. The fourth-order valence-electron chi connectivity index (χ4n) is 1.89. The molecule has 1 amide bonds. The predicted octanol–water partition coefficient (Wildman–Crippen LogP) is 1.87. The highest BCUT2D eigenvalue weighted by molar-refractivity contribution is 5.99. The summed E-state index contributed by atoms with van der Waals surface area (Å²) in [6, 6.07) is 12.5. The van der Waals surface area contributed by atoms with Gasteiger partial charge in [-0.25, -0.2) is 4.39 Å². The van der Waals surface area contributed by atoms with Crippen LogP contribution in [0.2, 0.25) is 0 Å². The van der Waals surface area contributed by atoms with E-state index in [0.717, 1.165) is 5.56 Å². The molecular weight excluding hydrogens is 259 g/mol. The molecule has 5 heteroatoms. The summed E-state index contributed by atoms with van der Waals surface area (Å²) in [5.74, 6) is -1.16. The van der Waals surface area contributed by atoms with Crippen LogP contribution >= 0.6 is 0 Å². The number of nitrogens with two attached hydrogens (primary N) is 1. The highest BCUT2D eigenvalue weighted by Crippen LogP contribution is 2.18. The normalized spacial score (nSPS) is 11.9. The molecule has 1 atom stereocenters. The zero-order chi connectivity index (χ0) is 14.5. The number of anilines is 1. The first-order chi connectivity index (χ1) is 9.63. The number of carbonyl (C=O) groups is 1. The van der Waals surface area contributed by atoms with Crippen molar-refractivity contribution in [3.8, 4) is 0 Å². The summed E-state index contributed by atoms with van der Waals surface area (Å²) in [6.07, 6.45) is 0. The number of nitrogens with one attached hydrogen (secondary N) is 1. The van der Waals surface area contributed by atoms with Gasteiger partial charge >= 0.3 is 0 Å². The average molecular weight is 274 g/mol. The van der Waals surface area contributed by atoms with Gasteiger partial charge in [0, 0.05) is 0 Å². The summed E-state index contributed by atoms with van der Waals surface area (Å²) >= 11 is 0. The van der Waals surface area contributed by atoms with Crippen molar-refractivity contribution in [3.63, 3.8) is 0 Å². The molecule has 0 heterocycles. The zero-order valence-corrected chi connectivity index (χ0v) is 10.7. The van der Waals surface area contributed by atoms with Crippen LogP contribution < -0.4 is 11.1 Å². The highest BCUT2D eigenvalue weighted by Gasteiger charge is 2.17. The van der Waals surface area contributed by atoms with E-state index in [2.05, 4.69) is 5.32 Å². The minimum absolute atomic E-state index is 0.0550. The molecule has 0 aliphatic rings. The third kappa shape index (κ3) is 2.95. The Morgan fingerprint density at radius 3 is 2.55 bits per heavy atom. The van der Waals surface area contributed by atoms with Crippen LogP contribution in [0.15, 0.2) is 48.5 Å². The van der Waals surface area contributed by atoms with Gasteiger partial charge in [0.15, 0.2) is 0 Å².